The van der Waals surface area contributed by atoms with E-state index in [1.807, 2.05) is 25.1 Å². The molecule has 0 saturated heterocycles. The molecule has 0 aliphatic carbocycles. The number of carbonyl (C=O) groups is 1. The normalized spacial score (nSPS) is 10.5. The van der Waals surface area contributed by atoms with Crippen molar-refractivity contribution in [2.75, 3.05) is 13.1 Å². The van der Waals surface area contributed by atoms with E-state index in [4.69, 9.17) is 11.6 Å². The van der Waals surface area contributed by atoms with Crippen molar-refractivity contribution in [1.82, 2.24) is 10.2 Å². The van der Waals surface area contributed by atoms with Crippen molar-refractivity contribution in [2.45, 2.75) is 26.8 Å². The van der Waals surface area contributed by atoms with Crippen LogP contribution in [0.15, 0.2) is 36.4 Å². The molecule has 3 nitrogen and oxygen atoms in total. The number of hydrogen-bond acceptors (Lipinski definition) is 2. The van der Waals surface area contributed by atoms with Crippen molar-refractivity contribution in [2.24, 2.45) is 0 Å². The van der Waals surface area contributed by atoms with Crippen LogP contribution in [-0.2, 0) is 13.0 Å². The van der Waals surface area contributed by atoms with E-state index in [2.05, 4.69) is 30.4 Å². The minimum Gasteiger partial charge on any atom is -0.338 e. The topological polar surface area (TPSA) is 32.3 Å². The summed E-state index contributed by atoms with van der Waals surface area (Å²) in [5.74, 6) is 0. The lowest BCUT2D eigenvalue weighted by molar-refractivity contribution is 0.199. The average Bonchev–Trinajstić information content (AvgIpc) is 2.90. The minimum absolute atomic E-state index is 0.0281. The van der Waals surface area contributed by atoms with E-state index in [1.165, 1.54) is 22.5 Å². The number of halogens is 1. The second-order valence-electron chi connectivity index (χ2n) is 5.19. The van der Waals surface area contributed by atoms with Gasteiger partial charge in [-0.15, -0.1) is 11.3 Å². The van der Waals surface area contributed by atoms with Crippen LogP contribution in [0.25, 0.3) is 0 Å². The Morgan fingerprint density at radius 1 is 1.32 bits per heavy atom. The Labute approximate surface area is 140 Å². The van der Waals surface area contributed by atoms with Crippen LogP contribution in [0.3, 0.4) is 0 Å². The van der Waals surface area contributed by atoms with Crippen molar-refractivity contribution < 1.29 is 4.79 Å². The van der Waals surface area contributed by atoms with Gasteiger partial charge in [-0.05, 0) is 38.0 Å². The van der Waals surface area contributed by atoms with Gasteiger partial charge in [0.2, 0.25) is 0 Å². The molecule has 2 rings (SSSR count). The van der Waals surface area contributed by atoms with Crippen molar-refractivity contribution in [1.29, 1.82) is 0 Å². The van der Waals surface area contributed by atoms with Gasteiger partial charge in [0.1, 0.15) is 0 Å². The summed E-state index contributed by atoms with van der Waals surface area (Å²) in [6, 6.07) is 12.2. The lowest BCUT2D eigenvalue weighted by atomic mass is 10.1. The Kier molecular flexibility index (Phi) is 6.28. The van der Waals surface area contributed by atoms with Gasteiger partial charge in [0, 0.05) is 18.0 Å². The highest BCUT2D eigenvalue weighted by molar-refractivity contribution is 7.16. The van der Waals surface area contributed by atoms with Crippen molar-refractivity contribution in [3.8, 4) is 0 Å². The standard InChI is InChI=1S/C17H21ClN2OS/c1-3-20(12-15-7-8-16(18)22-15)17(21)19-10-9-14-6-4-5-13(2)11-14/h4-8,11H,3,9-10,12H2,1-2H3,(H,19,21). The number of rotatable bonds is 6. The van der Waals surface area contributed by atoms with Crippen LogP contribution >= 0.6 is 22.9 Å². The molecule has 2 aromatic rings. The molecule has 0 spiro atoms. The summed E-state index contributed by atoms with van der Waals surface area (Å²) >= 11 is 7.45. The third-order valence-electron chi connectivity index (χ3n) is 3.42. The van der Waals surface area contributed by atoms with Gasteiger partial charge in [-0.2, -0.15) is 0 Å². The molecule has 1 N–H and O–H groups in total. The van der Waals surface area contributed by atoms with Crippen LogP contribution in [0.2, 0.25) is 4.34 Å². The summed E-state index contributed by atoms with van der Waals surface area (Å²) in [6.45, 7) is 5.97. The molecule has 1 aromatic carbocycles. The molecule has 1 heterocycles. The number of hydrogen-bond donors (Lipinski definition) is 1. The van der Waals surface area contributed by atoms with Crippen LogP contribution in [0, 0.1) is 6.92 Å². The lowest BCUT2D eigenvalue weighted by Crippen LogP contribution is -2.40. The molecule has 0 saturated carbocycles. The molecule has 2 amide bonds. The SMILES string of the molecule is CCN(Cc1ccc(Cl)s1)C(=O)NCCc1cccc(C)c1. The fourth-order valence-electron chi connectivity index (χ4n) is 2.25. The second kappa shape index (κ2) is 8.20. The number of nitrogens with zero attached hydrogens (tertiary/aromatic N) is 1. The molecule has 0 aliphatic heterocycles. The van der Waals surface area contributed by atoms with Gasteiger partial charge in [-0.1, -0.05) is 41.4 Å². The quantitative estimate of drug-likeness (QED) is 0.828. The fraction of sp³-hybridized carbons (Fsp3) is 0.353. The first-order valence-electron chi connectivity index (χ1n) is 7.41. The number of benzene rings is 1. The molecule has 0 fully saturated rings. The lowest BCUT2D eigenvalue weighted by Gasteiger charge is -2.20. The van der Waals surface area contributed by atoms with Gasteiger partial charge >= 0.3 is 6.03 Å². The Morgan fingerprint density at radius 2 is 2.14 bits per heavy atom. The smallest absolute Gasteiger partial charge is 0.317 e. The van der Waals surface area contributed by atoms with Gasteiger partial charge in [-0.3, -0.25) is 0 Å². The molecular formula is C17H21ClN2OS. The fourth-order valence-corrected chi connectivity index (χ4v) is 3.35. The number of nitrogens with one attached hydrogen (secondary N) is 1. The van der Waals surface area contributed by atoms with Crippen LogP contribution in [0.1, 0.15) is 22.9 Å². The van der Waals surface area contributed by atoms with E-state index in [0.717, 1.165) is 15.6 Å². The Bertz CT molecular complexity index is 627. The molecule has 0 bridgehead atoms. The average molecular weight is 337 g/mol. The van der Waals surface area contributed by atoms with Gasteiger partial charge in [0.15, 0.2) is 0 Å². The second-order valence-corrected chi connectivity index (χ2v) is 6.99. The Hall–Kier alpha value is -1.52. The van der Waals surface area contributed by atoms with E-state index in [0.29, 0.717) is 19.6 Å². The van der Waals surface area contributed by atoms with Gasteiger partial charge in [-0.25, -0.2) is 4.79 Å². The summed E-state index contributed by atoms with van der Waals surface area (Å²) in [7, 11) is 0. The summed E-state index contributed by atoms with van der Waals surface area (Å²) in [4.78, 5) is 15.1. The third-order valence-corrected chi connectivity index (χ3v) is 4.63. The maximum atomic E-state index is 12.2. The summed E-state index contributed by atoms with van der Waals surface area (Å²) in [5, 5.41) is 2.99. The zero-order valence-corrected chi connectivity index (χ0v) is 14.5. The summed E-state index contributed by atoms with van der Waals surface area (Å²) in [6.07, 6.45) is 0.843. The molecule has 0 atom stereocenters. The third kappa shape index (κ3) is 5.04. The molecule has 0 unspecified atom stereocenters. The Balaban J connectivity index is 1.82. The Morgan fingerprint density at radius 3 is 2.77 bits per heavy atom. The highest BCUT2D eigenvalue weighted by Crippen LogP contribution is 2.22. The van der Waals surface area contributed by atoms with Crippen LogP contribution in [0.5, 0.6) is 0 Å². The van der Waals surface area contributed by atoms with Gasteiger partial charge in [0.25, 0.3) is 0 Å². The molecular weight excluding hydrogens is 316 g/mol. The van der Waals surface area contributed by atoms with Crippen molar-refractivity contribution in [3.63, 3.8) is 0 Å². The highest BCUT2D eigenvalue weighted by Gasteiger charge is 2.12. The van der Waals surface area contributed by atoms with Crippen LogP contribution in [-0.4, -0.2) is 24.0 Å². The molecule has 1 aromatic heterocycles. The summed E-state index contributed by atoms with van der Waals surface area (Å²) < 4.78 is 0.755. The molecule has 0 aliphatic rings. The monoisotopic (exact) mass is 336 g/mol. The first-order valence-corrected chi connectivity index (χ1v) is 8.60. The van der Waals surface area contributed by atoms with Gasteiger partial charge in [0.05, 0.1) is 10.9 Å². The van der Waals surface area contributed by atoms with Crippen LogP contribution < -0.4 is 5.32 Å². The molecule has 22 heavy (non-hydrogen) atoms. The summed E-state index contributed by atoms with van der Waals surface area (Å²) in [5.41, 5.74) is 2.49. The first kappa shape index (κ1) is 16.8. The number of thiophene rings is 1. The van der Waals surface area contributed by atoms with Gasteiger partial charge < -0.3 is 10.2 Å². The number of aryl methyl sites for hydroxylation is 1. The molecule has 118 valence electrons. The largest absolute Gasteiger partial charge is 0.338 e. The number of carbonyl (C=O) groups excluding carboxylic acids is 1. The van der Waals surface area contributed by atoms with E-state index >= 15 is 0 Å². The number of urea groups is 1. The maximum Gasteiger partial charge on any atom is 0.317 e. The van der Waals surface area contributed by atoms with E-state index in [-0.39, 0.29) is 6.03 Å². The van der Waals surface area contributed by atoms with E-state index in [9.17, 15) is 4.79 Å². The van der Waals surface area contributed by atoms with Crippen LogP contribution in [0.4, 0.5) is 4.79 Å². The minimum atomic E-state index is -0.0281. The van der Waals surface area contributed by atoms with Crippen molar-refractivity contribution >= 4 is 29.0 Å². The maximum absolute atomic E-state index is 12.2. The number of amides is 2. The van der Waals surface area contributed by atoms with E-state index < -0.39 is 0 Å². The first-order chi connectivity index (χ1) is 10.6. The zero-order chi connectivity index (χ0) is 15.9. The molecule has 5 heteroatoms. The predicted molar refractivity (Wildman–Crippen MR) is 93.7 cm³/mol. The van der Waals surface area contributed by atoms with E-state index in [1.54, 1.807) is 4.90 Å². The molecule has 0 radical (unpaired) electrons. The van der Waals surface area contributed by atoms with Crippen molar-refractivity contribution in [3.05, 3.63) is 56.7 Å². The highest BCUT2D eigenvalue weighted by atomic mass is 35.5. The zero-order valence-electron chi connectivity index (χ0n) is 12.9. The predicted octanol–water partition coefficient (Wildman–Crippen LogP) is 4.48.